The van der Waals surface area contributed by atoms with Crippen LogP contribution < -0.4 is 10.5 Å². The van der Waals surface area contributed by atoms with E-state index in [1.807, 2.05) is 0 Å². The van der Waals surface area contributed by atoms with Gasteiger partial charge in [0.15, 0.2) is 11.6 Å². The molecule has 2 aromatic rings. The van der Waals surface area contributed by atoms with Gasteiger partial charge in [0, 0.05) is 11.4 Å². The molecule has 4 nitrogen and oxygen atoms in total. The largest absolute Gasteiger partial charge is 0.326 e. The topological polar surface area (TPSA) is 72.2 Å². The van der Waals surface area contributed by atoms with Crippen molar-refractivity contribution in [3.63, 3.8) is 0 Å². The molecule has 0 aliphatic heterocycles. The van der Waals surface area contributed by atoms with E-state index in [0.29, 0.717) is 10.4 Å². The van der Waals surface area contributed by atoms with E-state index >= 15 is 0 Å². The fourth-order valence-corrected chi connectivity index (χ4v) is 4.53. The van der Waals surface area contributed by atoms with Crippen LogP contribution in [0.15, 0.2) is 28.5 Å². The fourth-order valence-electron chi connectivity index (χ4n) is 1.77. The van der Waals surface area contributed by atoms with Crippen molar-refractivity contribution in [2.45, 2.75) is 18.4 Å². The Labute approximate surface area is 119 Å². The van der Waals surface area contributed by atoms with Crippen LogP contribution in [0, 0.1) is 18.6 Å². The van der Waals surface area contributed by atoms with Gasteiger partial charge < -0.3 is 5.73 Å². The molecule has 0 radical (unpaired) electrons. The lowest BCUT2D eigenvalue weighted by Gasteiger charge is -2.10. The number of hydrogen-bond donors (Lipinski definition) is 2. The van der Waals surface area contributed by atoms with E-state index < -0.39 is 27.3 Å². The van der Waals surface area contributed by atoms with E-state index in [-0.39, 0.29) is 11.4 Å². The monoisotopic (exact) mass is 318 g/mol. The van der Waals surface area contributed by atoms with E-state index in [2.05, 4.69) is 4.72 Å². The van der Waals surface area contributed by atoms with Gasteiger partial charge in [-0.25, -0.2) is 17.2 Å². The van der Waals surface area contributed by atoms with Gasteiger partial charge in [-0.1, -0.05) is 6.07 Å². The summed E-state index contributed by atoms with van der Waals surface area (Å²) in [5.74, 6) is -2.36. The molecule has 0 unspecified atom stereocenters. The smallest absolute Gasteiger partial charge is 0.263 e. The third kappa shape index (κ3) is 2.67. The summed E-state index contributed by atoms with van der Waals surface area (Å²) >= 11 is 1.21. The van der Waals surface area contributed by atoms with Crippen LogP contribution in [0.5, 0.6) is 0 Å². The second kappa shape index (κ2) is 5.47. The molecule has 1 aromatic carbocycles. The standard InChI is InChI=1S/C12H12F2N2O2S2/c1-7-6-19-10(5-15)12(7)20(17,18)16-9-4-2-3-8(13)11(9)14/h2-4,6,16H,5,15H2,1H3. The average Bonchev–Trinajstić information content (AvgIpc) is 2.77. The Balaban J connectivity index is 2.46. The number of anilines is 1. The maximum Gasteiger partial charge on any atom is 0.263 e. The third-order valence-electron chi connectivity index (χ3n) is 2.64. The maximum absolute atomic E-state index is 13.5. The highest BCUT2D eigenvalue weighted by Crippen LogP contribution is 2.29. The first-order chi connectivity index (χ1) is 9.36. The van der Waals surface area contributed by atoms with Gasteiger partial charge >= 0.3 is 0 Å². The molecule has 0 amide bonds. The molecule has 1 heterocycles. The lowest BCUT2D eigenvalue weighted by molar-refractivity contribution is 0.511. The van der Waals surface area contributed by atoms with Gasteiger partial charge in [-0.15, -0.1) is 11.3 Å². The lowest BCUT2D eigenvalue weighted by atomic mass is 10.3. The van der Waals surface area contributed by atoms with Crippen LogP contribution in [0.3, 0.4) is 0 Å². The molecule has 108 valence electrons. The zero-order chi connectivity index (χ0) is 14.9. The highest BCUT2D eigenvalue weighted by atomic mass is 32.2. The van der Waals surface area contributed by atoms with Crippen molar-refractivity contribution in [1.29, 1.82) is 0 Å². The summed E-state index contributed by atoms with van der Waals surface area (Å²) in [7, 11) is -4.01. The van der Waals surface area contributed by atoms with E-state index in [0.717, 1.165) is 12.1 Å². The molecule has 0 aliphatic carbocycles. The van der Waals surface area contributed by atoms with Gasteiger partial charge in [0.25, 0.3) is 10.0 Å². The minimum atomic E-state index is -4.01. The molecular formula is C12H12F2N2O2S2. The maximum atomic E-state index is 13.5. The first kappa shape index (κ1) is 14.9. The molecule has 0 spiro atoms. The zero-order valence-corrected chi connectivity index (χ0v) is 12.1. The van der Waals surface area contributed by atoms with E-state index in [9.17, 15) is 17.2 Å². The number of hydrogen-bond acceptors (Lipinski definition) is 4. The van der Waals surface area contributed by atoms with Crippen molar-refractivity contribution in [3.8, 4) is 0 Å². The average molecular weight is 318 g/mol. The first-order valence-corrected chi connectivity index (χ1v) is 7.97. The number of halogens is 2. The number of nitrogens with one attached hydrogen (secondary N) is 1. The van der Waals surface area contributed by atoms with Crippen molar-refractivity contribution in [2.24, 2.45) is 5.73 Å². The van der Waals surface area contributed by atoms with Crippen molar-refractivity contribution >= 4 is 27.0 Å². The van der Waals surface area contributed by atoms with Crippen LogP contribution in [-0.4, -0.2) is 8.42 Å². The van der Waals surface area contributed by atoms with Gasteiger partial charge in [-0.3, -0.25) is 4.72 Å². The number of benzene rings is 1. The Kier molecular flexibility index (Phi) is 4.07. The number of rotatable bonds is 4. The Morgan fingerprint density at radius 3 is 2.70 bits per heavy atom. The minimum Gasteiger partial charge on any atom is -0.326 e. The highest BCUT2D eigenvalue weighted by Gasteiger charge is 2.24. The normalized spacial score (nSPS) is 11.6. The van der Waals surface area contributed by atoms with Crippen molar-refractivity contribution in [3.05, 3.63) is 45.7 Å². The second-order valence-corrected chi connectivity index (χ2v) is 6.67. The number of aryl methyl sites for hydroxylation is 1. The summed E-state index contributed by atoms with van der Waals surface area (Å²) in [5.41, 5.74) is 5.57. The Morgan fingerprint density at radius 1 is 1.35 bits per heavy atom. The van der Waals surface area contributed by atoms with Gasteiger partial charge in [0.1, 0.15) is 4.90 Å². The number of nitrogens with two attached hydrogens (primary N) is 1. The van der Waals surface area contributed by atoms with Gasteiger partial charge in [-0.2, -0.15) is 0 Å². The molecule has 0 atom stereocenters. The molecule has 0 bridgehead atoms. The molecule has 3 N–H and O–H groups in total. The summed E-state index contributed by atoms with van der Waals surface area (Å²) in [4.78, 5) is 0.487. The Morgan fingerprint density at radius 2 is 2.05 bits per heavy atom. The summed E-state index contributed by atoms with van der Waals surface area (Å²) in [5, 5.41) is 1.65. The zero-order valence-electron chi connectivity index (χ0n) is 10.5. The van der Waals surface area contributed by atoms with E-state index in [1.165, 1.54) is 17.4 Å². The summed E-state index contributed by atoms with van der Waals surface area (Å²) in [6, 6.07) is 3.29. The predicted molar refractivity (Wildman–Crippen MR) is 74.1 cm³/mol. The van der Waals surface area contributed by atoms with Gasteiger partial charge in [0.05, 0.1) is 5.69 Å². The van der Waals surface area contributed by atoms with Crippen LogP contribution in [0.25, 0.3) is 0 Å². The van der Waals surface area contributed by atoms with Crippen LogP contribution in [0.4, 0.5) is 14.5 Å². The molecule has 1 aromatic heterocycles. The lowest BCUT2D eigenvalue weighted by Crippen LogP contribution is -2.17. The molecular weight excluding hydrogens is 306 g/mol. The Bertz CT molecular complexity index is 742. The molecule has 0 aliphatic rings. The van der Waals surface area contributed by atoms with Crippen LogP contribution in [-0.2, 0) is 16.6 Å². The fraction of sp³-hybridized carbons (Fsp3) is 0.167. The van der Waals surface area contributed by atoms with Crippen LogP contribution in [0.1, 0.15) is 10.4 Å². The van der Waals surface area contributed by atoms with E-state index in [1.54, 1.807) is 12.3 Å². The third-order valence-corrected chi connectivity index (χ3v) is 5.49. The SMILES string of the molecule is Cc1csc(CN)c1S(=O)(=O)Nc1cccc(F)c1F. The van der Waals surface area contributed by atoms with Crippen LogP contribution in [0.2, 0.25) is 0 Å². The molecule has 0 saturated carbocycles. The van der Waals surface area contributed by atoms with Crippen LogP contribution >= 0.6 is 11.3 Å². The van der Waals surface area contributed by atoms with Gasteiger partial charge in [0.2, 0.25) is 0 Å². The molecule has 20 heavy (non-hydrogen) atoms. The predicted octanol–water partition coefficient (Wildman–Crippen LogP) is 2.59. The highest BCUT2D eigenvalue weighted by molar-refractivity contribution is 7.93. The quantitative estimate of drug-likeness (QED) is 0.910. The molecule has 0 fully saturated rings. The van der Waals surface area contributed by atoms with E-state index in [4.69, 9.17) is 5.73 Å². The molecule has 2 rings (SSSR count). The number of sulfonamides is 1. The second-order valence-electron chi connectivity index (χ2n) is 4.08. The summed E-state index contributed by atoms with van der Waals surface area (Å²) in [6.07, 6.45) is 0. The van der Waals surface area contributed by atoms with Crippen molar-refractivity contribution in [2.75, 3.05) is 4.72 Å². The minimum absolute atomic E-state index is 0.0219. The van der Waals surface area contributed by atoms with Crippen molar-refractivity contribution < 1.29 is 17.2 Å². The molecule has 8 heteroatoms. The number of thiophene rings is 1. The molecule has 0 saturated heterocycles. The van der Waals surface area contributed by atoms with Gasteiger partial charge in [-0.05, 0) is 30.0 Å². The Hall–Kier alpha value is -1.51. The summed E-state index contributed by atoms with van der Waals surface area (Å²) in [6.45, 7) is 1.67. The van der Waals surface area contributed by atoms with Crippen molar-refractivity contribution in [1.82, 2.24) is 0 Å². The first-order valence-electron chi connectivity index (χ1n) is 5.60. The summed E-state index contributed by atoms with van der Waals surface area (Å²) < 4.78 is 53.2.